The zero-order valence-electron chi connectivity index (χ0n) is 17.4. The standard InChI is InChI=1S/C14H22N2O.C9H10O2/c1-11-4-3-9-16(11)10-14(15)12-5-7-13(17-2)8-6-12;1-7(10)8-3-5-9(11-2)6-4-8/h5-8,11,14H,3-4,9-10,15H2,1-2H3;3-6H,1-2H3/t11?,14-;/m1./s1. The Balaban J connectivity index is 0.000000221. The molecule has 0 spiro atoms. The van der Waals surface area contributed by atoms with Gasteiger partial charge in [0, 0.05) is 24.2 Å². The molecular weight excluding hydrogens is 352 g/mol. The normalized spacial score (nSPS) is 17.4. The molecule has 0 radical (unpaired) electrons. The molecule has 1 saturated heterocycles. The molecule has 0 bridgehead atoms. The van der Waals surface area contributed by atoms with Crippen molar-refractivity contribution in [2.45, 2.75) is 38.8 Å². The molecule has 152 valence electrons. The molecule has 0 saturated carbocycles. The van der Waals surface area contributed by atoms with Gasteiger partial charge in [0.1, 0.15) is 11.5 Å². The summed E-state index contributed by atoms with van der Waals surface area (Å²) < 4.78 is 10.1. The Labute approximate surface area is 168 Å². The van der Waals surface area contributed by atoms with E-state index in [9.17, 15) is 4.79 Å². The van der Waals surface area contributed by atoms with E-state index < -0.39 is 0 Å². The van der Waals surface area contributed by atoms with Crippen LogP contribution in [0, 0.1) is 0 Å². The Kier molecular flexibility index (Phi) is 8.48. The first-order valence-electron chi connectivity index (χ1n) is 9.73. The lowest BCUT2D eigenvalue weighted by Crippen LogP contribution is -2.34. The van der Waals surface area contributed by atoms with Crippen molar-refractivity contribution in [3.63, 3.8) is 0 Å². The number of nitrogens with zero attached hydrogens (tertiary/aromatic N) is 1. The highest BCUT2D eigenvalue weighted by atomic mass is 16.5. The number of methoxy groups -OCH3 is 2. The van der Waals surface area contributed by atoms with Crippen LogP contribution in [0.15, 0.2) is 48.5 Å². The van der Waals surface area contributed by atoms with E-state index in [4.69, 9.17) is 15.2 Å². The summed E-state index contributed by atoms with van der Waals surface area (Å²) in [7, 11) is 3.28. The van der Waals surface area contributed by atoms with E-state index in [2.05, 4.69) is 24.0 Å². The lowest BCUT2D eigenvalue weighted by molar-refractivity contribution is 0.101. The topological polar surface area (TPSA) is 64.8 Å². The van der Waals surface area contributed by atoms with Crippen LogP contribution in [0.4, 0.5) is 0 Å². The average molecular weight is 385 g/mol. The number of hydrogen-bond donors (Lipinski definition) is 1. The second kappa shape index (κ2) is 10.8. The number of carbonyl (C=O) groups is 1. The third kappa shape index (κ3) is 6.36. The monoisotopic (exact) mass is 384 g/mol. The molecule has 2 aromatic carbocycles. The van der Waals surface area contributed by atoms with Crippen LogP contribution in [0.2, 0.25) is 0 Å². The van der Waals surface area contributed by atoms with Gasteiger partial charge in [-0.15, -0.1) is 0 Å². The minimum atomic E-state index is 0.0765. The number of rotatable bonds is 6. The molecule has 1 heterocycles. The molecule has 2 N–H and O–H groups in total. The quantitative estimate of drug-likeness (QED) is 0.761. The maximum absolute atomic E-state index is 10.8. The lowest BCUT2D eigenvalue weighted by Gasteiger charge is -2.25. The SMILES string of the molecule is COc1ccc(C(C)=O)cc1.COc1ccc([C@H](N)CN2CCCC2C)cc1. The Morgan fingerprint density at radius 3 is 2.04 bits per heavy atom. The third-order valence-electron chi connectivity index (χ3n) is 5.16. The summed E-state index contributed by atoms with van der Waals surface area (Å²) in [6, 6.07) is 15.9. The summed E-state index contributed by atoms with van der Waals surface area (Å²) in [5, 5.41) is 0. The molecule has 3 rings (SSSR count). The zero-order valence-corrected chi connectivity index (χ0v) is 17.4. The molecule has 5 nitrogen and oxygen atoms in total. The Morgan fingerprint density at radius 2 is 1.61 bits per heavy atom. The fourth-order valence-corrected chi connectivity index (χ4v) is 3.30. The van der Waals surface area contributed by atoms with E-state index in [0.717, 1.165) is 18.0 Å². The van der Waals surface area contributed by atoms with Crippen LogP contribution in [-0.2, 0) is 0 Å². The fraction of sp³-hybridized carbons (Fsp3) is 0.435. The van der Waals surface area contributed by atoms with Gasteiger partial charge < -0.3 is 15.2 Å². The number of ether oxygens (including phenoxy) is 2. The number of Topliss-reactive ketones (excluding diaryl/α,β-unsaturated/α-hetero) is 1. The van der Waals surface area contributed by atoms with Gasteiger partial charge in [-0.2, -0.15) is 0 Å². The minimum Gasteiger partial charge on any atom is -0.497 e. The Hall–Kier alpha value is -2.37. The zero-order chi connectivity index (χ0) is 20.5. The van der Waals surface area contributed by atoms with Crippen LogP contribution in [0.1, 0.15) is 48.7 Å². The second-order valence-corrected chi connectivity index (χ2v) is 7.15. The van der Waals surface area contributed by atoms with Crippen molar-refractivity contribution in [2.24, 2.45) is 5.73 Å². The number of benzene rings is 2. The average Bonchev–Trinajstić information content (AvgIpc) is 3.13. The van der Waals surface area contributed by atoms with Gasteiger partial charge in [0.25, 0.3) is 0 Å². The summed E-state index contributed by atoms with van der Waals surface area (Å²) in [5.41, 5.74) is 8.14. The van der Waals surface area contributed by atoms with Gasteiger partial charge in [-0.1, -0.05) is 12.1 Å². The van der Waals surface area contributed by atoms with Gasteiger partial charge in [-0.25, -0.2) is 0 Å². The molecule has 2 atom stereocenters. The molecule has 1 aliphatic heterocycles. The molecule has 0 aliphatic carbocycles. The third-order valence-corrected chi connectivity index (χ3v) is 5.16. The summed E-state index contributed by atoms with van der Waals surface area (Å²) in [5.74, 6) is 1.73. The van der Waals surface area contributed by atoms with Crippen LogP contribution in [0.5, 0.6) is 11.5 Å². The van der Waals surface area contributed by atoms with Crippen molar-refractivity contribution < 1.29 is 14.3 Å². The smallest absolute Gasteiger partial charge is 0.159 e. The van der Waals surface area contributed by atoms with Crippen molar-refractivity contribution in [1.29, 1.82) is 0 Å². The number of likely N-dealkylation sites (tertiary alicyclic amines) is 1. The molecular formula is C23H32N2O3. The van der Waals surface area contributed by atoms with Crippen LogP contribution in [0.3, 0.4) is 0 Å². The number of nitrogens with two attached hydrogens (primary N) is 1. The maximum Gasteiger partial charge on any atom is 0.159 e. The highest BCUT2D eigenvalue weighted by molar-refractivity contribution is 5.94. The van der Waals surface area contributed by atoms with E-state index in [1.165, 1.54) is 24.9 Å². The number of hydrogen-bond acceptors (Lipinski definition) is 5. The van der Waals surface area contributed by atoms with Crippen molar-refractivity contribution in [3.8, 4) is 11.5 Å². The largest absolute Gasteiger partial charge is 0.497 e. The summed E-state index contributed by atoms with van der Waals surface area (Å²) >= 11 is 0. The van der Waals surface area contributed by atoms with E-state index in [1.54, 1.807) is 45.4 Å². The van der Waals surface area contributed by atoms with Crippen LogP contribution in [-0.4, -0.2) is 44.0 Å². The van der Waals surface area contributed by atoms with Crippen molar-refractivity contribution in [2.75, 3.05) is 27.3 Å². The second-order valence-electron chi connectivity index (χ2n) is 7.15. The molecule has 2 aromatic rings. The Bertz CT molecular complexity index is 729. The van der Waals surface area contributed by atoms with E-state index in [-0.39, 0.29) is 11.8 Å². The molecule has 1 aliphatic rings. The minimum absolute atomic E-state index is 0.0765. The molecule has 28 heavy (non-hydrogen) atoms. The summed E-state index contributed by atoms with van der Waals surface area (Å²) in [6.45, 7) is 5.97. The van der Waals surface area contributed by atoms with Crippen molar-refractivity contribution in [1.82, 2.24) is 4.90 Å². The highest BCUT2D eigenvalue weighted by Crippen LogP contribution is 2.21. The van der Waals surface area contributed by atoms with Crippen molar-refractivity contribution >= 4 is 5.78 Å². The van der Waals surface area contributed by atoms with Crippen LogP contribution >= 0.6 is 0 Å². The van der Waals surface area contributed by atoms with E-state index >= 15 is 0 Å². The number of ketones is 1. The molecule has 0 amide bonds. The van der Waals surface area contributed by atoms with Gasteiger partial charge in [-0.05, 0) is 75.2 Å². The maximum atomic E-state index is 10.8. The molecule has 1 fully saturated rings. The highest BCUT2D eigenvalue weighted by Gasteiger charge is 2.22. The molecule has 5 heteroatoms. The molecule has 1 unspecified atom stereocenters. The first-order valence-corrected chi connectivity index (χ1v) is 9.73. The van der Waals surface area contributed by atoms with Crippen LogP contribution < -0.4 is 15.2 Å². The van der Waals surface area contributed by atoms with Gasteiger partial charge >= 0.3 is 0 Å². The van der Waals surface area contributed by atoms with Gasteiger partial charge in [0.15, 0.2) is 5.78 Å². The van der Waals surface area contributed by atoms with E-state index in [1.807, 2.05) is 12.1 Å². The molecule has 0 aromatic heterocycles. The fourth-order valence-electron chi connectivity index (χ4n) is 3.30. The van der Waals surface area contributed by atoms with Crippen LogP contribution in [0.25, 0.3) is 0 Å². The van der Waals surface area contributed by atoms with E-state index in [0.29, 0.717) is 11.6 Å². The predicted molar refractivity (Wildman–Crippen MR) is 113 cm³/mol. The first kappa shape index (κ1) is 21.9. The van der Waals surface area contributed by atoms with Gasteiger partial charge in [-0.3, -0.25) is 9.69 Å². The van der Waals surface area contributed by atoms with Gasteiger partial charge in [0.2, 0.25) is 0 Å². The number of carbonyl (C=O) groups excluding carboxylic acids is 1. The van der Waals surface area contributed by atoms with Crippen molar-refractivity contribution in [3.05, 3.63) is 59.7 Å². The first-order chi connectivity index (χ1) is 13.4. The summed E-state index contributed by atoms with van der Waals surface area (Å²) in [4.78, 5) is 13.3. The predicted octanol–water partition coefficient (Wildman–Crippen LogP) is 4.08. The lowest BCUT2D eigenvalue weighted by atomic mass is 10.1. The van der Waals surface area contributed by atoms with Gasteiger partial charge in [0.05, 0.1) is 14.2 Å². The Morgan fingerprint density at radius 1 is 1.07 bits per heavy atom. The summed E-state index contributed by atoms with van der Waals surface area (Å²) in [6.07, 6.45) is 2.60.